The number of benzene rings is 1. The quantitative estimate of drug-likeness (QED) is 0.875. The van der Waals surface area contributed by atoms with E-state index in [4.69, 9.17) is 4.74 Å². The highest BCUT2D eigenvalue weighted by Gasteiger charge is 2.29. The molecular formula is C19H29ClN2O2. The van der Waals surface area contributed by atoms with Crippen molar-refractivity contribution in [1.29, 1.82) is 0 Å². The third kappa shape index (κ3) is 4.95. The monoisotopic (exact) mass is 352 g/mol. The van der Waals surface area contributed by atoms with Gasteiger partial charge < -0.3 is 15.4 Å². The molecule has 2 aliphatic heterocycles. The Morgan fingerprint density at radius 2 is 2.04 bits per heavy atom. The van der Waals surface area contributed by atoms with Gasteiger partial charge in [0.1, 0.15) is 0 Å². The molecule has 3 atom stereocenters. The van der Waals surface area contributed by atoms with Crippen molar-refractivity contribution in [3.05, 3.63) is 35.4 Å². The van der Waals surface area contributed by atoms with Crippen LogP contribution in [0, 0.1) is 18.8 Å². The zero-order valence-corrected chi connectivity index (χ0v) is 15.2. The van der Waals surface area contributed by atoms with Crippen molar-refractivity contribution in [3.8, 4) is 0 Å². The molecule has 0 aromatic heterocycles. The Morgan fingerprint density at radius 1 is 1.25 bits per heavy atom. The van der Waals surface area contributed by atoms with Gasteiger partial charge in [0.2, 0.25) is 5.91 Å². The summed E-state index contributed by atoms with van der Waals surface area (Å²) in [5.41, 5.74) is 2.49. The standard InChI is InChI=1S/C19H28N2O2.ClH/c1-14-6-8-15(9-7-14)18-16(5-3-11-23-18)13-21-19(22)17-4-2-10-20-12-17;/h6-9,16-18,20H,2-5,10-13H2,1H3,(H,21,22);1H. The number of halogens is 1. The van der Waals surface area contributed by atoms with Crippen molar-refractivity contribution < 1.29 is 9.53 Å². The van der Waals surface area contributed by atoms with Crippen molar-refractivity contribution >= 4 is 18.3 Å². The minimum Gasteiger partial charge on any atom is -0.373 e. The summed E-state index contributed by atoms with van der Waals surface area (Å²) in [5, 5.41) is 6.48. The molecule has 134 valence electrons. The van der Waals surface area contributed by atoms with Gasteiger partial charge in [-0.1, -0.05) is 29.8 Å². The Morgan fingerprint density at radius 3 is 2.75 bits per heavy atom. The molecule has 24 heavy (non-hydrogen) atoms. The molecule has 3 rings (SSSR count). The van der Waals surface area contributed by atoms with E-state index < -0.39 is 0 Å². The summed E-state index contributed by atoms with van der Waals surface area (Å²) in [7, 11) is 0. The van der Waals surface area contributed by atoms with Crippen LogP contribution < -0.4 is 10.6 Å². The van der Waals surface area contributed by atoms with Crippen molar-refractivity contribution in [2.45, 2.75) is 38.7 Å². The van der Waals surface area contributed by atoms with Gasteiger partial charge in [0.05, 0.1) is 12.0 Å². The Bertz CT molecular complexity index is 515. The second-order valence-electron chi connectivity index (χ2n) is 6.89. The van der Waals surface area contributed by atoms with Crippen molar-refractivity contribution in [3.63, 3.8) is 0 Å². The number of piperidine rings is 1. The van der Waals surface area contributed by atoms with Gasteiger partial charge in [0.25, 0.3) is 0 Å². The van der Waals surface area contributed by atoms with E-state index in [1.807, 2.05) is 0 Å². The van der Waals surface area contributed by atoms with Crippen LogP contribution in [0.1, 0.15) is 42.9 Å². The first-order valence-electron chi connectivity index (χ1n) is 8.90. The van der Waals surface area contributed by atoms with E-state index in [1.54, 1.807) is 0 Å². The maximum Gasteiger partial charge on any atom is 0.224 e. The molecule has 5 heteroatoms. The molecule has 1 aromatic carbocycles. The van der Waals surface area contributed by atoms with Crippen LogP contribution in [0.5, 0.6) is 0 Å². The third-order valence-electron chi connectivity index (χ3n) is 5.06. The normalized spacial score (nSPS) is 27.1. The second kappa shape index (κ2) is 9.40. The van der Waals surface area contributed by atoms with E-state index in [0.717, 1.165) is 45.4 Å². The number of ether oxygens (including phenoxy) is 1. The summed E-state index contributed by atoms with van der Waals surface area (Å²) < 4.78 is 6.03. The first kappa shape index (κ1) is 19.2. The van der Waals surface area contributed by atoms with Gasteiger partial charge in [0.15, 0.2) is 0 Å². The number of carbonyl (C=O) groups excluding carboxylic acids is 1. The zero-order valence-electron chi connectivity index (χ0n) is 14.4. The molecule has 3 unspecified atom stereocenters. The number of amides is 1. The summed E-state index contributed by atoms with van der Waals surface area (Å²) in [6.45, 7) is 5.48. The first-order valence-corrected chi connectivity index (χ1v) is 8.90. The highest BCUT2D eigenvalue weighted by atomic mass is 35.5. The fourth-order valence-corrected chi connectivity index (χ4v) is 3.63. The fourth-order valence-electron chi connectivity index (χ4n) is 3.63. The van der Waals surface area contributed by atoms with Crippen LogP contribution in [0.15, 0.2) is 24.3 Å². The Labute approximate surface area is 151 Å². The largest absolute Gasteiger partial charge is 0.373 e. The molecular weight excluding hydrogens is 324 g/mol. The summed E-state index contributed by atoms with van der Waals surface area (Å²) in [6.07, 6.45) is 4.39. The maximum atomic E-state index is 12.3. The fraction of sp³-hybridized carbons (Fsp3) is 0.632. The van der Waals surface area contributed by atoms with E-state index in [2.05, 4.69) is 41.8 Å². The van der Waals surface area contributed by atoms with E-state index in [9.17, 15) is 4.79 Å². The number of carbonyl (C=O) groups is 1. The first-order chi connectivity index (χ1) is 11.2. The minimum absolute atomic E-state index is 0. The lowest BCUT2D eigenvalue weighted by atomic mass is 9.88. The van der Waals surface area contributed by atoms with Crippen molar-refractivity contribution in [2.24, 2.45) is 11.8 Å². The highest BCUT2D eigenvalue weighted by molar-refractivity contribution is 5.85. The Hall–Kier alpha value is -1.10. The highest BCUT2D eigenvalue weighted by Crippen LogP contribution is 2.33. The smallest absolute Gasteiger partial charge is 0.224 e. The predicted octanol–water partition coefficient (Wildman–Crippen LogP) is 3.00. The Kier molecular flexibility index (Phi) is 7.53. The van der Waals surface area contributed by atoms with Crippen molar-refractivity contribution in [1.82, 2.24) is 10.6 Å². The molecule has 0 aliphatic carbocycles. The molecule has 4 nitrogen and oxygen atoms in total. The number of aryl methyl sites for hydroxylation is 1. The summed E-state index contributed by atoms with van der Waals surface area (Å²) >= 11 is 0. The molecule has 0 spiro atoms. The van der Waals surface area contributed by atoms with Crippen LogP contribution in [-0.4, -0.2) is 32.1 Å². The average molecular weight is 353 g/mol. The van der Waals surface area contributed by atoms with Gasteiger partial charge in [-0.2, -0.15) is 0 Å². The van der Waals surface area contributed by atoms with Gasteiger partial charge in [-0.3, -0.25) is 4.79 Å². The third-order valence-corrected chi connectivity index (χ3v) is 5.06. The molecule has 0 saturated carbocycles. The van der Waals surface area contributed by atoms with Crippen LogP contribution in [0.3, 0.4) is 0 Å². The molecule has 2 fully saturated rings. The molecule has 2 heterocycles. The van der Waals surface area contributed by atoms with Crippen LogP contribution >= 0.6 is 12.4 Å². The summed E-state index contributed by atoms with van der Waals surface area (Å²) in [6, 6.07) is 8.59. The number of nitrogens with one attached hydrogen (secondary N) is 2. The minimum atomic E-state index is 0. The lowest BCUT2D eigenvalue weighted by Gasteiger charge is -2.33. The molecule has 1 amide bonds. The summed E-state index contributed by atoms with van der Waals surface area (Å²) in [4.78, 5) is 12.3. The number of hydrogen-bond donors (Lipinski definition) is 2. The lowest BCUT2D eigenvalue weighted by molar-refractivity contribution is -0.126. The van der Waals surface area contributed by atoms with Crippen LogP contribution in [0.25, 0.3) is 0 Å². The number of hydrogen-bond acceptors (Lipinski definition) is 3. The van der Waals surface area contributed by atoms with Gasteiger partial charge >= 0.3 is 0 Å². The van der Waals surface area contributed by atoms with Gasteiger partial charge in [-0.15, -0.1) is 12.4 Å². The molecule has 2 N–H and O–H groups in total. The molecule has 2 aliphatic rings. The predicted molar refractivity (Wildman–Crippen MR) is 98.4 cm³/mol. The van der Waals surface area contributed by atoms with E-state index in [1.165, 1.54) is 11.1 Å². The molecule has 2 saturated heterocycles. The zero-order chi connectivity index (χ0) is 16.1. The number of rotatable bonds is 4. The maximum absolute atomic E-state index is 12.3. The second-order valence-corrected chi connectivity index (χ2v) is 6.89. The molecule has 0 radical (unpaired) electrons. The Balaban J connectivity index is 0.00000208. The van der Waals surface area contributed by atoms with Crippen LogP contribution in [0.4, 0.5) is 0 Å². The van der Waals surface area contributed by atoms with Gasteiger partial charge in [-0.25, -0.2) is 0 Å². The van der Waals surface area contributed by atoms with Crippen LogP contribution in [-0.2, 0) is 9.53 Å². The van der Waals surface area contributed by atoms with E-state index >= 15 is 0 Å². The SMILES string of the molecule is Cc1ccc(C2OCCCC2CNC(=O)C2CCCNC2)cc1.Cl. The summed E-state index contributed by atoms with van der Waals surface area (Å²) in [5.74, 6) is 0.698. The lowest BCUT2D eigenvalue weighted by Crippen LogP contribution is -2.43. The van der Waals surface area contributed by atoms with Crippen LogP contribution in [0.2, 0.25) is 0 Å². The molecule has 0 bridgehead atoms. The van der Waals surface area contributed by atoms with E-state index in [0.29, 0.717) is 12.5 Å². The van der Waals surface area contributed by atoms with Gasteiger partial charge in [-0.05, 0) is 44.7 Å². The topological polar surface area (TPSA) is 50.4 Å². The molecule has 1 aromatic rings. The van der Waals surface area contributed by atoms with Crippen molar-refractivity contribution in [2.75, 3.05) is 26.2 Å². The van der Waals surface area contributed by atoms with E-state index in [-0.39, 0.29) is 30.3 Å². The van der Waals surface area contributed by atoms with Gasteiger partial charge in [0, 0.05) is 25.6 Å². The average Bonchev–Trinajstić information content (AvgIpc) is 2.61.